The summed E-state index contributed by atoms with van der Waals surface area (Å²) in [4.78, 5) is 19.2. The molecule has 0 aliphatic rings. The van der Waals surface area contributed by atoms with Gasteiger partial charge in [0.2, 0.25) is 0 Å². The van der Waals surface area contributed by atoms with Gasteiger partial charge in [-0.05, 0) is 32.9 Å². The van der Waals surface area contributed by atoms with Crippen molar-refractivity contribution < 1.29 is 5.32 Å². The van der Waals surface area contributed by atoms with Crippen molar-refractivity contribution in [3.05, 3.63) is 40.4 Å². The molecule has 17 heavy (non-hydrogen) atoms. The van der Waals surface area contributed by atoms with Gasteiger partial charge in [-0.3, -0.25) is 4.79 Å². The molecule has 1 aromatic carbocycles. The van der Waals surface area contributed by atoms with Crippen LogP contribution in [0.2, 0.25) is 0 Å². The molecule has 4 nitrogen and oxygen atoms in total. The van der Waals surface area contributed by atoms with Gasteiger partial charge in [0.15, 0.2) is 5.82 Å². The minimum atomic E-state index is -0.0605. The maximum absolute atomic E-state index is 11.9. The van der Waals surface area contributed by atoms with E-state index in [-0.39, 0.29) is 11.6 Å². The predicted molar refractivity (Wildman–Crippen MR) is 67.8 cm³/mol. The highest BCUT2D eigenvalue weighted by Crippen LogP contribution is 2.08. The molecule has 0 aliphatic carbocycles. The molecular formula is C13H18N3O+. The third-order valence-corrected chi connectivity index (χ3v) is 2.74. The van der Waals surface area contributed by atoms with Gasteiger partial charge in [-0.25, -0.2) is 4.98 Å². The lowest BCUT2D eigenvalue weighted by atomic mass is 10.2. The molecule has 3 N–H and O–H groups in total. The van der Waals surface area contributed by atoms with Crippen LogP contribution in [0.4, 0.5) is 0 Å². The van der Waals surface area contributed by atoms with E-state index in [2.05, 4.69) is 29.1 Å². The molecule has 0 radical (unpaired) electrons. The SMILES string of the molecule is CC(C)[NH2+][C@@H](C)c1nc2ccccc2c(=O)[nH]1. The van der Waals surface area contributed by atoms with Crippen LogP contribution in [0.25, 0.3) is 10.9 Å². The summed E-state index contributed by atoms with van der Waals surface area (Å²) < 4.78 is 0. The van der Waals surface area contributed by atoms with Gasteiger partial charge in [-0.15, -0.1) is 0 Å². The second-order valence-electron chi connectivity index (χ2n) is 4.69. The first-order valence-corrected chi connectivity index (χ1v) is 5.92. The fourth-order valence-corrected chi connectivity index (χ4v) is 1.99. The molecule has 0 spiro atoms. The van der Waals surface area contributed by atoms with Crippen LogP contribution in [-0.2, 0) is 0 Å². The lowest BCUT2D eigenvalue weighted by molar-refractivity contribution is -0.720. The highest BCUT2D eigenvalue weighted by molar-refractivity contribution is 5.77. The molecule has 0 fully saturated rings. The number of nitrogens with zero attached hydrogens (tertiary/aromatic N) is 1. The Balaban J connectivity index is 2.46. The van der Waals surface area contributed by atoms with Crippen LogP contribution in [0, 0.1) is 0 Å². The summed E-state index contributed by atoms with van der Waals surface area (Å²) in [6.07, 6.45) is 0. The summed E-state index contributed by atoms with van der Waals surface area (Å²) in [6, 6.07) is 8.05. The van der Waals surface area contributed by atoms with Gasteiger partial charge in [0.25, 0.3) is 5.56 Å². The maximum atomic E-state index is 11.9. The van der Waals surface area contributed by atoms with Gasteiger partial charge >= 0.3 is 0 Å². The number of para-hydroxylation sites is 1. The van der Waals surface area contributed by atoms with Crippen LogP contribution in [0.1, 0.15) is 32.6 Å². The van der Waals surface area contributed by atoms with Crippen LogP contribution in [0.5, 0.6) is 0 Å². The third kappa shape index (κ3) is 2.53. The summed E-state index contributed by atoms with van der Waals surface area (Å²) in [5.74, 6) is 0.738. The second kappa shape index (κ2) is 4.67. The molecule has 0 saturated carbocycles. The number of H-pyrrole nitrogens is 1. The van der Waals surface area contributed by atoms with E-state index in [9.17, 15) is 4.79 Å². The highest BCUT2D eigenvalue weighted by atomic mass is 16.1. The topological polar surface area (TPSA) is 62.4 Å². The Bertz CT molecular complexity index is 574. The Morgan fingerprint density at radius 1 is 1.24 bits per heavy atom. The molecule has 0 bridgehead atoms. The summed E-state index contributed by atoms with van der Waals surface area (Å²) in [5, 5.41) is 2.82. The van der Waals surface area contributed by atoms with E-state index in [0.29, 0.717) is 11.4 Å². The lowest BCUT2D eigenvalue weighted by Crippen LogP contribution is -2.89. The number of aromatic amines is 1. The zero-order valence-corrected chi connectivity index (χ0v) is 10.4. The fourth-order valence-electron chi connectivity index (χ4n) is 1.99. The number of fused-ring (bicyclic) bond motifs is 1. The molecule has 0 amide bonds. The van der Waals surface area contributed by atoms with E-state index in [1.165, 1.54) is 0 Å². The van der Waals surface area contributed by atoms with Crippen molar-refractivity contribution in [1.82, 2.24) is 9.97 Å². The number of aromatic nitrogens is 2. The van der Waals surface area contributed by atoms with Crippen LogP contribution in [0.15, 0.2) is 29.1 Å². The predicted octanol–water partition coefficient (Wildman–Crippen LogP) is 0.956. The Morgan fingerprint density at radius 2 is 1.94 bits per heavy atom. The minimum absolute atomic E-state index is 0.0605. The first-order chi connectivity index (χ1) is 8.08. The fraction of sp³-hybridized carbons (Fsp3) is 0.385. The number of benzene rings is 1. The summed E-state index contributed by atoms with van der Waals surface area (Å²) >= 11 is 0. The molecule has 0 saturated heterocycles. The molecule has 4 heteroatoms. The number of nitrogens with one attached hydrogen (secondary N) is 1. The van der Waals surface area contributed by atoms with Crippen molar-refractivity contribution in [2.24, 2.45) is 0 Å². The van der Waals surface area contributed by atoms with Gasteiger partial charge in [0, 0.05) is 0 Å². The van der Waals surface area contributed by atoms with Gasteiger partial charge in [0.05, 0.1) is 16.9 Å². The standard InChI is InChI=1S/C13H17N3O/c1-8(2)14-9(3)12-15-11-7-5-4-6-10(11)13(17)16-12/h4-9,14H,1-3H3,(H,15,16,17)/p+1/t9-/m0/s1. The minimum Gasteiger partial charge on any atom is -0.336 e. The van der Waals surface area contributed by atoms with Gasteiger partial charge in [-0.2, -0.15) is 0 Å². The van der Waals surface area contributed by atoms with Crippen LogP contribution >= 0.6 is 0 Å². The Kier molecular flexibility index (Phi) is 3.24. The van der Waals surface area contributed by atoms with E-state index in [1.54, 1.807) is 6.07 Å². The monoisotopic (exact) mass is 232 g/mol. The van der Waals surface area contributed by atoms with E-state index in [0.717, 1.165) is 11.3 Å². The van der Waals surface area contributed by atoms with Crippen molar-refractivity contribution in [1.29, 1.82) is 0 Å². The Hall–Kier alpha value is -1.68. The van der Waals surface area contributed by atoms with Crippen molar-refractivity contribution in [2.75, 3.05) is 0 Å². The molecule has 1 heterocycles. The van der Waals surface area contributed by atoms with E-state index in [4.69, 9.17) is 0 Å². The average Bonchev–Trinajstić information content (AvgIpc) is 2.28. The molecular weight excluding hydrogens is 214 g/mol. The van der Waals surface area contributed by atoms with Gasteiger partial charge < -0.3 is 10.3 Å². The number of hydrogen-bond donors (Lipinski definition) is 2. The Morgan fingerprint density at radius 3 is 2.65 bits per heavy atom. The molecule has 90 valence electrons. The lowest BCUT2D eigenvalue weighted by Gasteiger charge is -2.12. The summed E-state index contributed by atoms with van der Waals surface area (Å²) in [7, 11) is 0. The number of nitrogens with two attached hydrogens (primary N) is 1. The number of quaternary nitrogens is 1. The smallest absolute Gasteiger partial charge is 0.258 e. The summed E-state index contributed by atoms with van der Waals surface area (Å²) in [6.45, 7) is 6.29. The number of rotatable bonds is 3. The molecule has 2 rings (SSSR count). The molecule has 2 aromatic rings. The van der Waals surface area contributed by atoms with E-state index in [1.807, 2.05) is 25.1 Å². The molecule has 1 aromatic heterocycles. The first-order valence-electron chi connectivity index (χ1n) is 5.92. The zero-order valence-electron chi connectivity index (χ0n) is 10.4. The van der Waals surface area contributed by atoms with Gasteiger partial charge in [-0.1, -0.05) is 12.1 Å². The molecule has 1 atom stereocenters. The average molecular weight is 232 g/mol. The van der Waals surface area contributed by atoms with Crippen molar-refractivity contribution in [3.8, 4) is 0 Å². The summed E-state index contributed by atoms with van der Waals surface area (Å²) in [5.41, 5.74) is 0.699. The van der Waals surface area contributed by atoms with Crippen LogP contribution < -0.4 is 10.9 Å². The largest absolute Gasteiger partial charge is 0.336 e. The van der Waals surface area contributed by atoms with Gasteiger partial charge in [0.1, 0.15) is 6.04 Å². The highest BCUT2D eigenvalue weighted by Gasteiger charge is 2.14. The van der Waals surface area contributed by atoms with Crippen LogP contribution in [0.3, 0.4) is 0 Å². The first kappa shape index (κ1) is 11.8. The van der Waals surface area contributed by atoms with Crippen molar-refractivity contribution in [3.63, 3.8) is 0 Å². The second-order valence-corrected chi connectivity index (χ2v) is 4.69. The van der Waals surface area contributed by atoms with E-state index < -0.39 is 0 Å². The quantitative estimate of drug-likeness (QED) is 0.828. The molecule has 0 unspecified atom stereocenters. The van der Waals surface area contributed by atoms with E-state index >= 15 is 0 Å². The number of hydrogen-bond acceptors (Lipinski definition) is 2. The maximum Gasteiger partial charge on any atom is 0.258 e. The van der Waals surface area contributed by atoms with Crippen LogP contribution in [-0.4, -0.2) is 16.0 Å². The zero-order chi connectivity index (χ0) is 12.4. The van der Waals surface area contributed by atoms with Crippen molar-refractivity contribution >= 4 is 10.9 Å². The Labute approximate surface area is 100 Å². The normalized spacial score (nSPS) is 13.2. The van der Waals surface area contributed by atoms with Crippen molar-refractivity contribution in [2.45, 2.75) is 32.9 Å². The third-order valence-electron chi connectivity index (χ3n) is 2.74. The molecule has 0 aliphatic heterocycles.